The molecule has 1 fully saturated rings. The lowest BCUT2D eigenvalue weighted by atomic mass is 10.3. The second-order valence-electron chi connectivity index (χ2n) is 6.25. The van der Waals surface area contributed by atoms with Crippen LogP contribution in [0.2, 0.25) is 5.02 Å². The van der Waals surface area contributed by atoms with Crippen LogP contribution in [0.4, 0.5) is 5.69 Å². The molecule has 0 saturated carbocycles. The van der Waals surface area contributed by atoms with Crippen LogP contribution in [0.3, 0.4) is 0 Å². The molecule has 1 aliphatic rings. The first-order valence-corrected chi connectivity index (χ1v) is 11.5. The van der Waals surface area contributed by atoms with Crippen LogP contribution in [0.5, 0.6) is 0 Å². The van der Waals surface area contributed by atoms with Crippen LogP contribution in [0.1, 0.15) is 6.92 Å². The third-order valence-corrected chi connectivity index (χ3v) is 7.46. The smallest absolute Gasteiger partial charge is 0.243 e. The first kappa shape index (κ1) is 21.1. The predicted molar refractivity (Wildman–Crippen MR) is 111 cm³/mol. The zero-order valence-corrected chi connectivity index (χ0v) is 17.7. The fraction of sp³-hybridized carbons (Fsp3) is 0.316. The van der Waals surface area contributed by atoms with Gasteiger partial charge in [0.1, 0.15) is 0 Å². The lowest BCUT2D eigenvalue weighted by Crippen LogP contribution is -2.40. The van der Waals surface area contributed by atoms with Gasteiger partial charge < -0.3 is 10.1 Å². The Labute approximate surface area is 174 Å². The number of sulfonamides is 1. The summed E-state index contributed by atoms with van der Waals surface area (Å²) < 4.78 is 32.2. The standard InChI is InChI=1S/C19H21ClN2O4S2/c1-14(27-17-7-5-15(20)6-8-17)19(23)21-16-3-2-4-18(13-16)28(24,25)22-9-11-26-12-10-22/h2-8,13-14H,9-12H2,1H3,(H,21,23). The van der Waals surface area contributed by atoms with Gasteiger partial charge in [0.2, 0.25) is 15.9 Å². The van der Waals surface area contributed by atoms with Gasteiger partial charge in [-0.3, -0.25) is 4.79 Å². The summed E-state index contributed by atoms with van der Waals surface area (Å²) in [4.78, 5) is 13.6. The summed E-state index contributed by atoms with van der Waals surface area (Å²) >= 11 is 7.28. The van der Waals surface area contributed by atoms with Crippen LogP contribution in [-0.4, -0.2) is 50.2 Å². The molecule has 150 valence electrons. The van der Waals surface area contributed by atoms with Crippen molar-refractivity contribution in [1.29, 1.82) is 0 Å². The Kier molecular flexibility index (Phi) is 7.00. The van der Waals surface area contributed by atoms with Gasteiger partial charge in [-0.2, -0.15) is 4.31 Å². The number of amides is 1. The minimum absolute atomic E-state index is 0.158. The van der Waals surface area contributed by atoms with E-state index in [4.69, 9.17) is 16.3 Å². The number of nitrogens with zero attached hydrogens (tertiary/aromatic N) is 1. The Hall–Kier alpha value is -1.58. The maximum atomic E-state index is 12.8. The van der Waals surface area contributed by atoms with Crippen molar-refractivity contribution in [1.82, 2.24) is 4.31 Å². The molecule has 28 heavy (non-hydrogen) atoms. The van der Waals surface area contributed by atoms with E-state index in [2.05, 4.69) is 5.32 Å². The molecule has 1 aliphatic heterocycles. The van der Waals surface area contributed by atoms with Crippen molar-refractivity contribution in [3.63, 3.8) is 0 Å². The molecule has 2 aromatic carbocycles. The fourth-order valence-electron chi connectivity index (χ4n) is 2.69. The number of rotatable bonds is 6. The second-order valence-corrected chi connectivity index (χ2v) is 10.0. The van der Waals surface area contributed by atoms with E-state index in [1.165, 1.54) is 28.2 Å². The Morgan fingerprint density at radius 3 is 2.54 bits per heavy atom. The lowest BCUT2D eigenvalue weighted by molar-refractivity contribution is -0.115. The van der Waals surface area contributed by atoms with Crippen LogP contribution in [-0.2, 0) is 19.6 Å². The summed E-state index contributed by atoms with van der Waals surface area (Å²) in [5.74, 6) is -0.208. The first-order valence-electron chi connectivity index (χ1n) is 8.77. The van der Waals surface area contributed by atoms with Gasteiger partial charge in [-0.1, -0.05) is 17.7 Å². The number of nitrogens with one attached hydrogen (secondary N) is 1. The monoisotopic (exact) mass is 440 g/mol. The topological polar surface area (TPSA) is 75.7 Å². The molecule has 0 spiro atoms. The average molecular weight is 441 g/mol. The third kappa shape index (κ3) is 5.27. The largest absolute Gasteiger partial charge is 0.379 e. The molecular weight excluding hydrogens is 420 g/mol. The van der Waals surface area contributed by atoms with Crippen LogP contribution < -0.4 is 5.32 Å². The van der Waals surface area contributed by atoms with Crippen LogP contribution in [0.15, 0.2) is 58.3 Å². The Morgan fingerprint density at radius 2 is 1.86 bits per heavy atom. The van der Waals surface area contributed by atoms with Gasteiger partial charge in [0, 0.05) is 28.7 Å². The Balaban J connectivity index is 1.68. The molecule has 3 rings (SSSR count). The molecule has 2 aromatic rings. The van der Waals surface area contributed by atoms with Crippen molar-refractivity contribution in [2.24, 2.45) is 0 Å². The SMILES string of the molecule is CC(Sc1ccc(Cl)cc1)C(=O)Nc1cccc(S(=O)(=O)N2CCOCC2)c1. The quantitative estimate of drug-likeness (QED) is 0.696. The average Bonchev–Trinajstić information content (AvgIpc) is 2.70. The molecule has 0 aliphatic carbocycles. The van der Waals surface area contributed by atoms with E-state index in [-0.39, 0.29) is 16.1 Å². The molecule has 0 radical (unpaired) electrons. The van der Waals surface area contributed by atoms with Crippen molar-refractivity contribution >= 4 is 45.0 Å². The summed E-state index contributed by atoms with van der Waals surface area (Å²) in [6, 6.07) is 13.6. The zero-order valence-electron chi connectivity index (χ0n) is 15.3. The van der Waals surface area contributed by atoms with Gasteiger partial charge in [0.25, 0.3) is 0 Å². The number of hydrogen-bond acceptors (Lipinski definition) is 5. The summed E-state index contributed by atoms with van der Waals surface area (Å²) in [5, 5.41) is 3.07. The molecule has 0 bridgehead atoms. The van der Waals surface area contributed by atoms with Crippen molar-refractivity contribution in [3.05, 3.63) is 53.6 Å². The van der Waals surface area contributed by atoms with E-state index in [1.807, 2.05) is 12.1 Å². The number of ether oxygens (including phenoxy) is 1. The number of halogens is 1. The zero-order chi connectivity index (χ0) is 20.1. The molecule has 1 atom stereocenters. The number of morpholine rings is 1. The van der Waals surface area contributed by atoms with E-state index in [9.17, 15) is 13.2 Å². The number of carbonyl (C=O) groups excluding carboxylic acids is 1. The number of thioether (sulfide) groups is 1. The minimum Gasteiger partial charge on any atom is -0.379 e. The highest BCUT2D eigenvalue weighted by molar-refractivity contribution is 8.00. The Morgan fingerprint density at radius 1 is 1.18 bits per heavy atom. The summed E-state index contributed by atoms with van der Waals surface area (Å²) in [5.41, 5.74) is 0.447. The van der Waals surface area contributed by atoms with E-state index < -0.39 is 10.0 Å². The molecule has 1 N–H and O–H groups in total. The van der Waals surface area contributed by atoms with Crippen molar-refractivity contribution in [2.75, 3.05) is 31.6 Å². The third-order valence-electron chi connectivity index (χ3n) is 4.21. The van der Waals surface area contributed by atoms with Crippen molar-refractivity contribution in [2.45, 2.75) is 22.0 Å². The highest BCUT2D eigenvalue weighted by Crippen LogP contribution is 2.26. The molecule has 1 amide bonds. The van der Waals surface area contributed by atoms with Crippen LogP contribution in [0.25, 0.3) is 0 Å². The molecule has 1 saturated heterocycles. The van der Waals surface area contributed by atoms with Crippen molar-refractivity contribution in [3.8, 4) is 0 Å². The molecule has 9 heteroatoms. The van der Waals surface area contributed by atoms with E-state index in [0.717, 1.165) is 4.90 Å². The number of carbonyl (C=O) groups is 1. The summed E-state index contributed by atoms with van der Waals surface area (Å²) in [7, 11) is -3.61. The number of anilines is 1. The summed E-state index contributed by atoms with van der Waals surface area (Å²) in [6.07, 6.45) is 0. The first-order chi connectivity index (χ1) is 13.4. The normalized spacial score (nSPS) is 16.5. The van der Waals surface area contributed by atoms with Gasteiger partial charge in [-0.05, 0) is 49.4 Å². The second kappa shape index (κ2) is 9.28. The van der Waals surface area contributed by atoms with E-state index >= 15 is 0 Å². The minimum atomic E-state index is -3.61. The molecular formula is C19H21ClN2O4S2. The lowest BCUT2D eigenvalue weighted by Gasteiger charge is -2.26. The van der Waals surface area contributed by atoms with Crippen molar-refractivity contribution < 1.29 is 17.9 Å². The number of hydrogen-bond donors (Lipinski definition) is 1. The fourth-order valence-corrected chi connectivity index (χ4v) is 5.13. The molecule has 1 unspecified atom stereocenters. The van der Waals surface area contributed by atoms with Gasteiger partial charge in [0.15, 0.2) is 0 Å². The summed E-state index contributed by atoms with van der Waals surface area (Å²) in [6.45, 7) is 3.22. The van der Waals surface area contributed by atoms with Crippen LogP contribution >= 0.6 is 23.4 Å². The van der Waals surface area contributed by atoms with E-state index in [1.54, 1.807) is 31.2 Å². The molecule has 1 heterocycles. The van der Waals surface area contributed by atoms with Gasteiger partial charge in [-0.25, -0.2) is 8.42 Å². The van der Waals surface area contributed by atoms with Gasteiger partial charge in [-0.15, -0.1) is 11.8 Å². The highest BCUT2D eigenvalue weighted by Gasteiger charge is 2.26. The maximum absolute atomic E-state index is 12.8. The predicted octanol–water partition coefficient (Wildman–Crippen LogP) is 3.48. The molecule has 0 aromatic heterocycles. The van der Waals surface area contributed by atoms with E-state index in [0.29, 0.717) is 37.0 Å². The molecule has 6 nitrogen and oxygen atoms in total. The maximum Gasteiger partial charge on any atom is 0.243 e. The van der Waals surface area contributed by atoms with Gasteiger partial charge >= 0.3 is 0 Å². The Bertz CT molecular complexity index is 929. The van der Waals surface area contributed by atoms with Crippen LogP contribution in [0, 0.1) is 0 Å². The van der Waals surface area contributed by atoms with Gasteiger partial charge in [0.05, 0.1) is 23.4 Å². The highest BCUT2D eigenvalue weighted by atomic mass is 35.5. The number of benzene rings is 2.